The Kier molecular flexibility index (Phi) is 3.87. The van der Waals surface area contributed by atoms with E-state index in [9.17, 15) is 4.39 Å². The zero-order valence-electron chi connectivity index (χ0n) is 10.1. The summed E-state index contributed by atoms with van der Waals surface area (Å²) in [6.45, 7) is 0. The Hall–Kier alpha value is -1.23. The molecule has 0 fully saturated rings. The van der Waals surface area contributed by atoms with Crippen molar-refractivity contribution in [2.45, 2.75) is 0 Å². The second-order valence-electron chi connectivity index (χ2n) is 4.17. The molecule has 0 radical (unpaired) electrons. The lowest BCUT2D eigenvalue weighted by atomic mass is 10.2. The Labute approximate surface area is 133 Å². The minimum Gasteiger partial charge on any atom is -0.236 e. The van der Waals surface area contributed by atoms with E-state index >= 15 is 0 Å². The molecular weight excluding hydrogens is 361 g/mol. The lowest BCUT2D eigenvalue weighted by molar-refractivity contribution is 0.631. The molecule has 1 heterocycles. The number of halogens is 3. The Morgan fingerprint density at radius 1 is 1.15 bits per heavy atom. The van der Waals surface area contributed by atoms with Crippen molar-refractivity contribution in [3.8, 4) is 21.8 Å². The van der Waals surface area contributed by atoms with Crippen molar-refractivity contribution in [2.75, 3.05) is 0 Å². The summed E-state index contributed by atoms with van der Waals surface area (Å²) in [4.78, 5) is 4.49. The zero-order valence-corrected chi connectivity index (χ0v) is 13.3. The molecule has 0 aliphatic heterocycles. The molecule has 5 heteroatoms. The van der Waals surface area contributed by atoms with Crippen molar-refractivity contribution in [3.63, 3.8) is 0 Å². The summed E-state index contributed by atoms with van der Waals surface area (Å²) in [5.74, 6) is -0.315. The summed E-state index contributed by atoms with van der Waals surface area (Å²) in [6.07, 6.45) is 0. The van der Waals surface area contributed by atoms with Gasteiger partial charge in [0.2, 0.25) is 0 Å². The normalized spacial score (nSPS) is 10.8. The van der Waals surface area contributed by atoms with Crippen LogP contribution in [0.25, 0.3) is 21.8 Å². The van der Waals surface area contributed by atoms with Gasteiger partial charge in [-0.3, -0.25) is 0 Å². The maximum Gasteiger partial charge on any atom is 0.133 e. The molecule has 20 heavy (non-hydrogen) atoms. The zero-order chi connectivity index (χ0) is 14.1. The van der Waals surface area contributed by atoms with Gasteiger partial charge < -0.3 is 0 Å². The van der Waals surface area contributed by atoms with Crippen LogP contribution in [0.3, 0.4) is 0 Å². The van der Waals surface area contributed by atoms with Gasteiger partial charge in [-0.25, -0.2) is 9.37 Å². The predicted octanol–water partition coefficient (Wildman–Crippen LogP) is 6.03. The molecule has 0 aliphatic rings. The van der Waals surface area contributed by atoms with E-state index in [1.54, 1.807) is 6.07 Å². The molecule has 0 atom stereocenters. The smallest absolute Gasteiger partial charge is 0.133 e. The monoisotopic (exact) mass is 367 g/mol. The topological polar surface area (TPSA) is 12.9 Å². The molecule has 0 saturated heterocycles. The molecule has 0 amide bonds. The second-order valence-corrected chi connectivity index (χ2v) is 6.38. The summed E-state index contributed by atoms with van der Waals surface area (Å²) in [5.41, 5.74) is 2.25. The molecule has 1 nitrogen and oxygen atoms in total. The minimum absolute atomic E-state index is 0.315. The van der Waals surface area contributed by atoms with Crippen molar-refractivity contribution in [2.24, 2.45) is 0 Å². The van der Waals surface area contributed by atoms with E-state index in [-0.39, 0.29) is 5.82 Å². The largest absolute Gasteiger partial charge is 0.236 e. The van der Waals surface area contributed by atoms with E-state index in [0.717, 1.165) is 15.7 Å². The van der Waals surface area contributed by atoms with E-state index in [4.69, 9.17) is 11.6 Å². The van der Waals surface area contributed by atoms with Crippen LogP contribution in [0.2, 0.25) is 5.02 Å². The lowest BCUT2D eigenvalue weighted by Crippen LogP contribution is -1.84. The number of benzene rings is 2. The number of aromatic nitrogens is 1. The molecule has 0 aliphatic carbocycles. The summed E-state index contributed by atoms with van der Waals surface area (Å²) < 4.78 is 14.8. The fraction of sp³-hybridized carbons (Fsp3) is 0. The molecule has 2 aromatic carbocycles. The van der Waals surface area contributed by atoms with Gasteiger partial charge in [-0.1, -0.05) is 39.7 Å². The third-order valence-electron chi connectivity index (χ3n) is 2.78. The fourth-order valence-corrected chi connectivity index (χ4v) is 3.26. The van der Waals surface area contributed by atoms with Crippen LogP contribution in [-0.4, -0.2) is 4.98 Å². The SMILES string of the molecule is Fc1ccc(Cl)cc1-c1nc(-c2cccc(Br)c2)cs1. The lowest BCUT2D eigenvalue weighted by Gasteiger charge is -2.00. The maximum atomic E-state index is 13.8. The molecule has 100 valence electrons. The van der Waals surface area contributed by atoms with Crippen molar-refractivity contribution >= 4 is 38.9 Å². The van der Waals surface area contributed by atoms with Crippen molar-refractivity contribution in [1.82, 2.24) is 4.98 Å². The minimum atomic E-state index is -0.315. The van der Waals surface area contributed by atoms with E-state index in [0.29, 0.717) is 15.6 Å². The molecule has 0 N–H and O–H groups in total. The molecule has 3 aromatic rings. The van der Waals surface area contributed by atoms with Gasteiger partial charge in [0.1, 0.15) is 10.8 Å². The standard InChI is InChI=1S/C15H8BrClFNS/c16-10-3-1-2-9(6-10)14-8-20-15(19-14)12-7-11(17)4-5-13(12)18/h1-8H. The third-order valence-corrected chi connectivity index (χ3v) is 4.39. The van der Waals surface area contributed by atoms with Gasteiger partial charge >= 0.3 is 0 Å². The van der Waals surface area contributed by atoms with Crippen molar-refractivity contribution < 1.29 is 4.39 Å². The molecular formula is C15H8BrClFNS. The van der Waals surface area contributed by atoms with Gasteiger partial charge in [0.15, 0.2) is 0 Å². The average Bonchev–Trinajstić information content (AvgIpc) is 2.91. The Morgan fingerprint density at radius 2 is 2.00 bits per heavy atom. The molecule has 0 spiro atoms. The van der Waals surface area contributed by atoms with Crippen molar-refractivity contribution in [3.05, 3.63) is 63.2 Å². The van der Waals surface area contributed by atoms with E-state index in [1.807, 2.05) is 29.6 Å². The van der Waals surface area contributed by atoms with Gasteiger partial charge in [-0.2, -0.15) is 0 Å². The van der Waals surface area contributed by atoms with Crippen LogP contribution in [0.15, 0.2) is 52.3 Å². The van der Waals surface area contributed by atoms with Crippen LogP contribution < -0.4 is 0 Å². The Balaban J connectivity index is 2.04. The number of nitrogens with zero attached hydrogens (tertiary/aromatic N) is 1. The average molecular weight is 369 g/mol. The number of hydrogen-bond acceptors (Lipinski definition) is 2. The number of rotatable bonds is 2. The molecule has 0 unspecified atom stereocenters. The van der Waals surface area contributed by atoms with E-state index in [2.05, 4.69) is 20.9 Å². The summed E-state index contributed by atoms with van der Waals surface area (Å²) in [5, 5.41) is 3.04. The molecule has 0 saturated carbocycles. The van der Waals surface area contributed by atoms with Gasteiger partial charge in [0.05, 0.1) is 5.69 Å². The highest BCUT2D eigenvalue weighted by Gasteiger charge is 2.11. The Bertz CT molecular complexity index is 772. The van der Waals surface area contributed by atoms with E-state index in [1.165, 1.54) is 23.5 Å². The quantitative estimate of drug-likeness (QED) is 0.538. The highest BCUT2D eigenvalue weighted by atomic mass is 79.9. The van der Waals surface area contributed by atoms with Gasteiger partial charge in [0, 0.05) is 26.0 Å². The van der Waals surface area contributed by atoms with Crippen LogP contribution in [0, 0.1) is 5.82 Å². The fourth-order valence-electron chi connectivity index (χ4n) is 1.84. The highest BCUT2D eigenvalue weighted by Crippen LogP contribution is 2.32. The van der Waals surface area contributed by atoms with Crippen LogP contribution >= 0.6 is 38.9 Å². The van der Waals surface area contributed by atoms with Crippen LogP contribution in [0.4, 0.5) is 4.39 Å². The number of hydrogen-bond donors (Lipinski definition) is 0. The van der Waals surface area contributed by atoms with Crippen molar-refractivity contribution in [1.29, 1.82) is 0 Å². The first-order valence-electron chi connectivity index (χ1n) is 5.80. The van der Waals surface area contributed by atoms with E-state index < -0.39 is 0 Å². The Morgan fingerprint density at radius 3 is 2.80 bits per heavy atom. The van der Waals surface area contributed by atoms with Crippen LogP contribution in [0.1, 0.15) is 0 Å². The first-order valence-corrected chi connectivity index (χ1v) is 7.85. The molecule has 1 aromatic heterocycles. The summed E-state index contributed by atoms with van der Waals surface area (Å²) in [7, 11) is 0. The van der Waals surface area contributed by atoms with Gasteiger partial charge in [0.25, 0.3) is 0 Å². The van der Waals surface area contributed by atoms with Gasteiger partial charge in [-0.15, -0.1) is 11.3 Å². The number of thiazole rings is 1. The molecule has 3 rings (SSSR count). The summed E-state index contributed by atoms with van der Waals surface area (Å²) in [6, 6.07) is 12.3. The van der Waals surface area contributed by atoms with Crippen LogP contribution in [0.5, 0.6) is 0 Å². The first-order chi connectivity index (χ1) is 9.63. The molecule has 0 bridgehead atoms. The predicted molar refractivity (Wildman–Crippen MR) is 85.7 cm³/mol. The second kappa shape index (κ2) is 5.64. The first kappa shape index (κ1) is 13.7. The highest BCUT2D eigenvalue weighted by molar-refractivity contribution is 9.10. The maximum absolute atomic E-state index is 13.8. The third kappa shape index (κ3) is 2.77. The van der Waals surface area contributed by atoms with Crippen LogP contribution in [-0.2, 0) is 0 Å². The summed E-state index contributed by atoms with van der Waals surface area (Å²) >= 11 is 10.7. The van der Waals surface area contributed by atoms with Gasteiger partial charge in [-0.05, 0) is 30.3 Å².